The van der Waals surface area contributed by atoms with Gasteiger partial charge in [0.25, 0.3) is 6.43 Å². The minimum absolute atomic E-state index is 0.0614. The van der Waals surface area contributed by atoms with Crippen LogP contribution in [0.5, 0.6) is 0 Å². The first-order valence-corrected chi connectivity index (χ1v) is 3.80. The lowest BCUT2D eigenvalue weighted by Crippen LogP contribution is -1.96. The molecular weight excluding hydrogens is 158 g/mol. The molecule has 0 aliphatic carbocycles. The van der Waals surface area contributed by atoms with Crippen LogP contribution in [-0.2, 0) is 0 Å². The van der Waals surface area contributed by atoms with Crippen LogP contribution in [0.25, 0.3) is 0 Å². The topological polar surface area (TPSA) is 0 Å². The summed E-state index contributed by atoms with van der Waals surface area (Å²) in [5, 5.41) is 0. The van der Waals surface area contributed by atoms with Crippen molar-refractivity contribution in [3.8, 4) is 0 Å². The van der Waals surface area contributed by atoms with E-state index in [4.69, 9.17) is 0 Å². The van der Waals surface area contributed by atoms with Crippen molar-refractivity contribution in [3.05, 3.63) is 36.5 Å². The predicted molar refractivity (Wildman–Crippen MR) is 48.3 cm³/mol. The Hall–Kier alpha value is -0.920. The van der Waals surface area contributed by atoms with Gasteiger partial charge >= 0.3 is 0 Å². The quantitative estimate of drug-likeness (QED) is 0.568. The molecule has 0 N–H and O–H groups in total. The normalized spacial score (nSPS) is 12.3. The molecular formula is C10H14F2. The van der Waals surface area contributed by atoms with Crippen LogP contribution < -0.4 is 0 Å². The van der Waals surface area contributed by atoms with E-state index in [1.54, 1.807) is 0 Å². The molecule has 0 fully saturated rings. The van der Waals surface area contributed by atoms with Crippen molar-refractivity contribution in [2.75, 3.05) is 0 Å². The molecule has 0 rings (SSSR count). The summed E-state index contributed by atoms with van der Waals surface area (Å²) >= 11 is 0. The average molecular weight is 172 g/mol. The van der Waals surface area contributed by atoms with Crippen LogP contribution in [0.15, 0.2) is 36.5 Å². The van der Waals surface area contributed by atoms with E-state index in [-0.39, 0.29) is 11.5 Å². The van der Waals surface area contributed by atoms with Crippen LogP contribution in [0.4, 0.5) is 8.78 Å². The third-order valence-electron chi connectivity index (χ3n) is 1.58. The van der Waals surface area contributed by atoms with E-state index in [9.17, 15) is 8.78 Å². The lowest BCUT2D eigenvalue weighted by Gasteiger charge is -2.05. The lowest BCUT2D eigenvalue weighted by molar-refractivity contribution is 0.194. The summed E-state index contributed by atoms with van der Waals surface area (Å²) in [6.45, 7) is 10.8. The van der Waals surface area contributed by atoms with Crippen molar-refractivity contribution in [2.24, 2.45) is 5.92 Å². The summed E-state index contributed by atoms with van der Waals surface area (Å²) in [7, 11) is 0. The van der Waals surface area contributed by atoms with Gasteiger partial charge in [-0.3, -0.25) is 0 Å². The maximum Gasteiger partial charge on any atom is 0.263 e. The second-order valence-corrected chi connectivity index (χ2v) is 2.88. The standard InChI is InChI=1S/C10H14F2/c1-5-9(10(11)12)6-8(4)7(2)3/h5-7,10H,1,4H2,2-3H3/b9-6+. The Labute approximate surface area is 72.3 Å². The van der Waals surface area contributed by atoms with E-state index < -0.39 is 6.43 Å². The third-order valence-corrected chi connectivity index (χ3v) is 1.58. The maximum absolute atomic E-state index is 12.1. The highest BCUT2D eigenvalue weighted by molar-refractivity contribution is 5.29. The largest absolute Gasteiger partial charge is 0.263 e. The smallest absolute Gasteiger partial charge is 0.205 e. The second kappa shape index (κ2) is 4.86. The van der Waals surface area contributed by atoms with Crippen molar-refractivity contribution in [1.82, 2.24) is 0 Å². The Kier molecular flexibility index (Phi) is 4.49. The summed E-state index contributed by atoms with van der Waals surface area (Å²) in [6, 6.07) is 0. The van der Waals surface area contributed by atoms with Crippen molar-refractivity contribution >= 4 is 0 Å². The van der Waals surface area contributed by atoms with Gasteiger partial charge in [0.2, 0.25) is 0 Å². The lowest BCUT2D eigenvalue weighted by atomic mass is 10.0. The molecule has 0 saturated carbocycles. The van der Waals surface area contributed by atoms with E-state index in [1.807, 2.05) is 13.8 Å². The highest BCUT2D eigenvalue weighted by atomic mass is 19.3. The molecule has 0 aromatic rings. The zero-order valence-corrected chi connectivity index (χ0v) is 7.48. The molecule has 0 aromatic heterocycles. The van der Waals surface area contributed by atoms with Crippen LogP contribution in [0.2, 0.25) is 0 Å². The molecule has 0 radical (unpaired) electrons. The fourth-order valence-electron chi connectivity index (χ4n) is 0.592. The van der Waals surface area contributed by atoms with E-state index in [0.717, 1.165) is 6.08 Å². The second-order valence-electron chi connectivity index (χ2n) is 2.88. The van der Waals surface area contributed by atoms with Gasteiger partial charge in [0.05, 0.1) is 0 Å². The van der Waals surface area contributed by atoms with Crippen LogP contribution in [0, 0.1) is 5.92 Å². The molecule has 0 spiro atoms. The monoisotopic (exact) mass is 172 g/mol. The van der Waals surface area contributed by atoms with E-state index >= 15 is 0 Å². The molecule has 0 heterocycles. The van der Waals surface area contributed by atoms with Gasteiger partial charge < -0.3 is 0 Å². The van der Waals surface area contributed by atoms with E-state index in [0.29, 0.717) is 5.57 Å². The zero-order valence-electron chi connectivity index (χ0n) is 7.48. The van der Waals surface area contributed by atoms with Gasteiger partial charge in [-0.2, -0.15) is 0 Å². The van der Waals surface area contributed by atoms with Gasteiger partial charge in [-0.25, -0.2) is 8.78 Å². The number of halogens is 2. The number of alkyl halides is 2. The Morgan fingerprint density at radius 1 is 1.33 bits per heavy atom. The van der Waals surface area contributed by atoms with Crippen LogP contribution >= 0.6 is 0 Å². The number of hydrogen-bond donors (Lipinski definition) is 0. The minimum Gasteiger partial charge on any atom is -0.205 e. The van der Waals surface area contributed by atoms with Crippen molar-refractivity contribution in [3.63, 3.8) is 0 Å². The van der Waals surface area contributed by atoms with Gasteiger partial charge in [-0.15, -0.1) is 0 Å². The van der Waals surface area contributed by atoms with E-state index in [1.165, 1.54) is 6.08 Å². The number of allylic oxidation sites excluding steroid dienone is 4. The molecule has 0 bridgehead atoms. The van der Waals surface area contributed by atoms with Crippen LogP contribution in [-0.4, -0.2) is 6.43 Å². The van der Waals surface area contributed by atoms with Gasteiger partial charge in [-0.05, 0) is 5.92 Å². The third kappa shape index (κ3) is 3.46. The SMILES string of the molecule is C=C/C(=C\C(=C)C(C)C)C(F)F. The Bertz CT molecular complexity index is 200. The molecule has 2 heteroatoms. The van der Waals surface area contributed by atoms with Gasteiger partial charge in [0.1, 0.15) is 0 Å². The average Bonchev–Trinajstić information content (AvgIpc) is 1.98. The minimum atomic E-state index is -2.46. The van der Waals surface area contributed by atoms with Crippen LogP contribution in [0.3, 0.4) is 0 Å². The molecule has 0 aliphatic rings. The summed E-state index contributed by atoms with van der Waals surface area (Å²) in [6.07, 6.45) is 0.0959. The van der Waals surface area contributed by atoms with Gasteiger partial charge in [-0.1, -0.05) is 44.7 Å². The Balaban J connectivity index is 4.49. The van der Waals surface area contributed by atoms with E-state index in [2.05, 4.69) is 13.2 Å². The van der Waals surface area contributed by atoms with Gasteiger partial charge in [0, 0.05) is 5.57 Å². The summed E-state index contributed by atoms with van der Waals surface area (Å²) in [5.74, 6) is 0.193. The molecule has 0 amide bonds. The Morgan fingerprint density at radius 2 is 1.83 bits per heavy atom. The zero-order chi connectivity index (χ0) is 9.72. The maximum atomic E-state index is 12.1. The first-order chi connectivity index (χ1) is 5.49. The summed E-state index contributed by atoms with van der Waals surface area (Å²) in [5.41, 5.74) is 0.638. The molecule has 0 unspecified atom stereocenters. The Morgan fingerprint density at radius 3 is 2.08 bits per heavy atom. The summed E-state index contributed by atoms with van der Waals surface area (Å²) in [4.78, 5) is 0. The first kappa shape index (κ1) is 11.1. The highest BCUT2D eigenvalue weighted by Crippen LogP contribution is 2.16. The predicted octanol–water partition coefficient (Wildman–Crippen LogP) is 3.58. The molecule has 68 valence electrons. The molecule has 0 nitrogen and oxygen atoms in total. The van der Waals surface area contributed by atoms with Crippen molar-refractivity contribution in [1.29, 1.82) is 0 Å². The fourth-order valence-corrected chi connectivity index (χ4v) is 0.592. The first-order valence-electron chi connectivity index (χ1n) is 3.80. The van der Waals surface area contributed by atoms with Gasteiger partial charge in [0.15, 0.2) is 0 Å². The van der Waals surface area contributed by atoms with Crippen molar-refractivity contribution in [2.45, 2.75) is 20.3 Å². The van der Waals surface area contributed by atoms with Crippen molar-refractivity contribution < 1.29 is 8.78 Å². The molecule has 0 saturated heterocycles. The number of hydrogen-bond acceptors (Lipinski definition) is 0. The van der Waals surface area contributed by atoms with Crippen LogP contribution in [0.1, 0.15) is 13.8 Å². The summed E-state index contributed by atoms with van der Waals surface area (Å²) < 4.78 is 24.3. The molecule has 0 aliphatic heterocycles. The highest BCUT2D eigenvalue weighted by Gasteiger charge is 2.07. The molecule has 0 aromatic carbocycles. The number of rotatable bonds is 4. The fraction of sp³-hybridized carbons (Fsp3) is 0.400. The molecule has 0 atom stereocenters. The molecule has 12 heavy (non-hydrogen) atoms.